The fraction of sp³-hybridized carbons (Fsp3) is 0.500. The number of nitrogens with one attached hydrogen (secondary N) is 1. The van der Waals surface area contributed by atoms with Crippen LogP contribution in [0.15, 0.2) is 24.3 Å². The topological polar surface area (TPSA) is 41.6 Å². The van der Waals surface area contributed by atoms with Gasteiger partial charge in [-0.15, -0.1) is 0 Å². The summed E-state index contributed by atoms with van der Waals surface area (Å²) in [4.78, 5) is 13.7. The monoisotopic (exact) mass is 264 g/mol. The standard InChI is InChI=1S/C14H17FN2O2/c15-12-4-2-11(3-5-12)8-17-13(18)19-10-14(17)6-1-7-16-9-14/h2-5,16H,1,6-10H2. The van der Waals surface area contributed by atoms with E-state index in [0.717, 1.165) is 31.5 Å². The number of cyclic esters (lactones) is 1. The predicted molar refractivity (Wildman–Crippen MR) is 68.1 cm³/mol. The Labute approximate surface area is 111 Å². The molecular weight excluding hydrogens is 247 g/mol. The summed E-state index contributed by atoms with van der Waals surface area (Å²) >= 11 is 0. The Kier molecular flexibility index (Phi) is 3.14. The van der Waals surface area contributed by atoms with Crippen molar-refractivity contribution in [3.8, 4) is 0 Å². The fourth-order valence-corrected chi connectivity index (χ4v) is 2.86. The number of hydrogen-bond acceptors (Lipinski definition) is 3. The third-order valence-corrected chi connectivity index (χ3v) is 3.96. The second-order valence-electron chi connectivity index (χ2n) is 5.27. The minimum atomic E-state index is -0.270. The molecule has 102 valence electrons. The first-order chi connectivity index (χ1) is 9.20. The average molecular weight is 264 g/mol. The van der Waals surface area contributed by atoms with Crippen LogP contribution in [-0.2, 0) is 11.3 Å². The maximum atomic E-state index is 12.9. The molecule has 0 bridgehead atoms. The van der Waals surface area contributed by atoms with Gasteiger partial charge in [0, 0.05) is 13.1 Å². The van der Waals surface area contributed by atoms with Crippen molar-refractivity contribution in [1.82, 2.24) is 10.2 Å². The molecule has 19 heavy (non-hydrogen) atoms. The Morgan fingerprint density at radius 2 is 2.16 bits per heavy atom. The van der Waals surface area contributed by atoms with Gasteiger partial charge in [-0.05, 0) is 37.1 Å². The van der Waals surface area contributed by atoms with Crippen molar-refractivity contribution in [1.29, 1.82) is 0 Å². The van der Waals surface area contributed by atoms with Gasteiger partial charge in [-0.1, -0.05) is 12.1 Å². The van der Waals surface area contributed by atoms with E-state index in [4.69, 9.17) is 4.74 Å². The van der Waals surface area contributed by atoms with E-state index in [2.05, 4.69) is 5.32 Å². The van der Waals surface area contributed by atoms with Crippen molar-refractivity contribution in [2.24, 2.45) is 0 Å². The first kappa shape index (κ1) is 12.4. The number of benzene rings is 1. The number of amides is 1. The maximum Gasteiger partial charge on any atom is 0.410 e. The first-order valence-electron chi connectivity index (χ1n) is 6.59. The first-order valence-corrected chi connectivity index (χ1v) is 6.59. The van der Waals surface area contributed by atoms with Crippen LogP contribution >= 0.6 is 0 Å². The van der Waals surface area contributed by atoms with Crippen LogP contribution in [0.5, 0.6) is 0 Å². The van der Waals surface area contributed by atoms with E-state index in [0.29, 0.717) is 13.2 Å². The molecule has 4 nitrogen and oxygen atoms in total. The third-order valence-electron chi connectivity index (χ3n) is 3.96. The quantitative estimate of drug-likeness (QED) is 0.887. The Hall–Kier alpha value is -1.62. The molecule has 1 unspecified atom stereocenters. The lowest BCUT2D eigenvalue weighted by molar-refractivity contribution is 0.124. The van der Waals surface area contributed by atoms with Gasteiger partial charge in [0.15, 0.2) is 0 Å². The lowest BCUT2D eigenvalue weighted by Gasteiger charge is -2.38. The van der Waals surface area contributed by atoms with Crippen molar-refractivity contribution in [2.45, 2.75) is 24.9 Å². The zero-order valence-corrected chi connectivity index (χ0v) is 10.7. The minimum Gasteiger partial charge on any atom is -0.447 e. The van der Waals surface area contributed by atoms with E-state index < -0.39 is 0 Å². The summed E-state index contributed by atoms with van der Waals surface area (Å²) in [6, 6.07) is 6.26. The molecule has 0 aromatic heterocycles. The number of ether oxygens (including phenoxy) is 1. The summed E-state index contributed by atoms with van der Waals surface area (Å²) in [6.45, 7) is 2.67. The number of rotatable bonds is 2. The average Bonchev–Trinajstić information content (AvgIpc) is 2.72. The summed E-state index contributed by atoms with van der Waals surface area (Å²) in [5, 5.41) is 3.33. The van der Waals surface area contributed by atoms with Crippen LogP contribution in [0.3, 0.4) is 0 Å². The van der Waals surface area contributed by atoms with E-state index in [1.165, 1.54) is 12.1 Å². The highest BCUT2D eigenvalue weighted by atomic mass is 19.1. The third kappa shape index (κ3) is 2.30. The van der Waals surface area contributed by atoms with Crippen LogP contribution in [0, 0.1) is 5.82 Å². The molecule has 2 aliphatic rings. The molecule has 5 heteroatoms. The largest absolute Gasteiger partial charge is 0.447 e. The number of carbonyl (C=O) groups excluding carboxylic acids is 1. The molecule has 0 saturated carbocycles. The number of halogens is 1. The van der Waals surface area contributed by atoms with Crippen molar-refractivity contribution >= 4 is 6.09 Å². The van der Waals surface area contributed by atoms with Gasteiger partial charge in [-0.2, -0.15) is 0 Å². The normalized spacial score (nSPS) is 26.8. The second kappa shape index (κ2) is 4.81. The molecule has 1 amide bonds. The molecule has 0 aliphatic carbocycles. The van der Waals surface area contributed by atoms with Gasteiger partial charge in [0.2, 0.25) is 0 Å². The van der Waals surface area contributed by atoms with Crippen molar-refractivity contribution in [3.05, 3.63) is 35.6 Å². The summed E-state index contributed by atoms with van der Waals surface area (Å²) in [7, 11) is 0. The van der Waals surface area contributed by atoms with Gasteiger partial charge in [0.25, 0.3) is 0 Å². The Bertz CT molecular complexity index is 469. The summed E-state index contributed by atoms with van der Waals surface area (Å²) in [5.41, 5.74) is 0.689. The molecule has 1 N–H and O–H groups in total. The van der Waals surface area contributed by atoms with Gasteiger partial charge < -0.3 is 10.1 Å². The van der Waals surface area contributed by atoms with Gasteiger partial charge >= 0.3 is 6.09 Å². The minimum absolute atomic E-state index is 0.232. The molecule has 1 aromatic rings. The molecule has 2 aliphatic heterocycles. The highest BCUT2D eigenvalue weighted by Gasteiger charge is 2.47. The van der Waals surface area contributed by atoms with Crippen molar-refractivity contribution < 1.29 is 13.9 Å². The molecule has 2 saturated heterocycles. The zero-order chi connectivity index (χ0) is 13.3. The molecule has 1 atom stereocenters. The number of hydrogen-bond donors (Lipinski definition) is 1. The summed E-state index contributed by atoms with van der Waals surface area (Å²) < 4.78 is 18.1. The van der Waals surface area contributed by atoms with E-state index in [1.807, 2.05) is 0 Å². The lowest BCUT2D eigenvalue weighted by atomic mass is 9.89. The molecule has 1 spiro atoms. The van der Waals surface area contributed by atoms with Crippen LogP contribution in [0.4, 0.5) is 9.18 Å². The van der Waals surface area contributed by atoms with E-state index in [-0.39, 0.29) is 17.4 Å². The summed E-state index contributed by atoms with van der Waals surface area (Å²) in [6.07, 6.45) is 1.72. The summed E-state index contributed by atoms with van der Waals surface area (Å²) in [5.74, 6) is -0.262. The lowest BCUT2D eigenvalue weighted by Crippen LogP contribution is -2.56. The van der Waals surface area contributed by atoms with Gasteiger partial charge in [0.05, 0.1) is 5.54 Å². The van der Waals surface area contributed by atoms with E-state index in [9.17, 15) is 9.18 Å². The fourth-order valence-electron chi connectivity index (χ4n) is 2.86. The van der Waals surface area contributed by atoms with Crippen LogP contribution in [0.2, 0.25) is 0 Å². The number of nitrogens with zero attached hydrogens (tertiary/aromatic N) is 1. The zero-order valence-electron chi connectivity index (χ0n) is 10.7. The highest BCUT2D eigenvalue weighted by molar-refractivity contribution is 5.71. The van der Waals surface area contributed by atoms with Crippen LogP contribution < -0.4 is 5.32 Å². The molecule has 2 heterocycles. The maximum absolute atomic E-state index is 12.9. The van der Waals surface area contributed by atoms with Gasteiger partial charge in [0.1, 0.15) is 12.4 Å². The number of piperidine rings is 1. The highest BCUT2D eigenvalue weighted by Crippen LogP contribution is 2.32. The van der Waals surface area contributed by atoms with Gasteiger partial charge in [-0.3, -0.25) is 4.90 Å². The van der Waals surface area contributed by atoms with Crippen LogP contribution in [0.1, 0.15) is 18.4 Å². The second-order valence-corrected chi connectivity index (χ2v) is 5.27. The molecule has 1 aromatic carbocycles. The molecule has 3 rings (SSSR count). The van der Waals surface area contributed by atoms with E-state index >= 15 is 0 Å². The Balaban J connectivity index is 1.80. The smallest absolute Gasteiger partial charge is 0.410 e. The van der Waals surface area contributed by atoms with Crippen LogP contribution in [0.25, 0.3) is 0 Å². The van der Waals surface area contributed by atoms with Crippen molar-refractivity contribution in [2.75, 3.05) is 19.7 Å². The SMILES string of the molecule is O=C1OCC2(CCCNC2)N1Cc1ccc(F)cc1. The molecule has 2 fully saturated rings. The molecule has 0 radical (unpaired) electrons. The molecular formula is C14H17FN2O2. The number of carbonyl (C=O) groups is 1. The van der Waals surface area contributed by atoms with Crippen molar-refractivity contribution in [3.63, 3.8) is 0 Å². The predicted octanol–water partition coefficient (Wildman–Crippen LogP) is 1.90. The van der Waals surface area contributed by atoms with E-state index in [1.54, 1.807) is 17.0 Å². The Morgan fingerprint density at radius 1 is 1.37 bits per heavy atom. The van der Waals surface area contributed by atoms with Gasteiger partial charge in [-0.25, -0.2) is 9.18 Å². The Morgan fingerprint density at radius 3 is 2.84 bits per heavy atom. The van der Waals surface area contributed by atoms with Crippen LogP contribution in [-0.4, -0.2) is 36.2 Å².